The van der Waals surface area contributed by atoms with Crippen LogP contribution in [0.5, 0.6) is 0 Å². The van der Waals surface area contributed by atoms with Crippen molar-refractivity contribution in [2.45, 2.75) is 40.8 Å². The number of allylic oxidation sites excluding steroid dienone is 4. The van der Waals surface area contributed by atoms with Gasteiger partial charge in [0.15, 0.2) is 11.6 Å². The van der Waals surface area contributed by atoms with E-state index in [1.807, 2.05) is 0 Å². The van der Waals surface area contributed by atoms with Crippen molar-refractivity contribution in [1.29, 1.82) is 0 Å². The van der Waals surface area contributed by atoms with E-state index in [9.17, 15) is 27.9 Å². The van der Waals surface area contributed by atoms with Gasteiger partial charge < -0.3 is 5.11 Å². The molecule has 0 fully saturated rings. The molecule has 108 valence electrons. The van der Waals surface area contributed by atoms with Crippen LogP contribution < -0.4 is 0 Å². The number of hydrogen-bond acceptors (Lipinski definition) is 3. The lowest BCUT2D eigenvalue weighted by Gasteiger charge is -2.18. The van der Waals surface area contributed by atoms with Crippen molar-refractivity contribution in [3.8, 4) is 0 Å². The largest absolute Gasteiger partial charge is 0.512 e. The van der Waals surface area contributed by atoms with Gasteiger partial charge in [-0.2, -0.15) is 13.2 Å². The Morgan fingerprint density at radius 3 is 1.68 bits per heavy atom. The van der Waals surface area contributed by atoms with Gasteiger partial charge in [-0.1, -0.05) is 20.8 Å². The Kier molecular flexibility index (Phi) is 5.12. The van der Waals surface area contributed by atoms with Crippen LogP contribution in [0.3, 0.4) is 0 Å². The molecule has 0 saturated heterocycles. The molecule has 0 radical (unpaired) electrons. The summed E-state index contributed by atoms with van der Waals surface area (Å²) in [5.74, 6) is -2.50. The first-order valence-electron chi connectivity index (χ1n) is 5.53. The number of ketones is 2. The molecule has 0 aromatic heterocycles. The molecule has 0 atom stereocenters. The fraction of sp³-hybridized carbons (Fsp3) is 0.538. The topological polar surface area (TPSA) is 54.4 Å². The molecule has 3 nitrogen and oxygen atoms in total. The van der Waals surface area contributed by atoms with E-state index in [4.69, 9.17) is 0 Å². The Morgan fingerprint density at radius 1 is 1.05 bits per heavy atom. The van der Waals surface area contributed by atoms with E-state index < -0.39 is 40.1 Å². The van der Waals surface area contributed by atoms with E-state index in [-0.39, 0.29) is 0 Å². The summed E-state index contributed by atoms with van der Waals surface area (Å²) in [4.78, 5) is 22.9. The van der Waals surface area contributed by atoms with Crippen molar-refractivity contribution >= 4 is 11.6 Å². The van der Waals surface area contributed by atoms with Gasteiger partial charge in [0.1, 0.15) is 5.76 Å². The summed E-state index contributed by atoms with van der Waals surface area (Å²) >= 11 is 0. The number of Topliss-reactive ketones (excluding diaryl/α,β-unsaturated/α-hetero) is 1. The predicted molar refractivity (Wildman–Crippen MR) is 64.6 cm³/mol. The molecule has 0 saturated carbocycles. The van der Waals surface area contributed by atoms with E-state index in [0.717, 1.165) is 13.8 Å². The van der Waals surface area contributed by atoms with Gasteiger partial charge in [-0.05, 0) is 19.9 Å². The number of hydrogen-bond donors (Lipinski definition) is 1. The minimum absolute atomic E-state index is 0.371. The molecule has 0 aliphatic heterocycles. The van der Waals surface area contributed by atoms with Crippen LogP contribution in [0, 0.1) is 5.41 Å². The van der Waals surface area contributed by atoms with Crippen molar-refractivity contribution in [2.75, 3.05) is 0 Å². The van der Waals surface area contributed by atoms with E-state index in [1.165, 1.54) is 20.8 Å². The van der Waals surface area contributed by atoms with Gasteiger partial charge in [-0.3, -0.25) is 9.59 Å². The number of carbonyl (C=O) groups excluding carboxylic acids is 2. The smallest absolute Gasteiger partial charge is 0.417 e. The molecule has 0 aromatic rings. The normalized spacial score (nSPS) is 15.1. The number of aliphatic hydroxyl groups is 1. The van der Waals surface area contributed by atoms with Gasteiger partial charge >= 0.3 is 6.18 Å². The second-order valence-electron chi connectivity index (χ2n) is 5.19. The first kappa shape index (κ1) is 17.4. The van der Waals surface area contributed by atoms with Crippen molar-refractivity contribution in [3.05, 3.63) is 23.0 Å². The van der Waals surface area contributed by atoms with Gasteiger partial charge in [0.05, 0.1) is 11.1 Å². The van der Waals surface area contributed by atoms with Gasteiger partial charge in [-0.25, -0.2) is 0 Å². The number of halogens is 3. The molecule has 1 N–H and O–H groups in total. The Hall–Kier alpha value is -1.59. The zero-order valence-corrected chi connectivity index (χ0v) is 11.5. The molecule has 0 aliphatic carbocycles. The number of carbonyl (C=O) groups is 2. The van der Waals surface area contributed by atoms with Crippen LogP contribution in [0.4, 0.5) is 13.2 Å². The first-order valence-corrected chi connectivity index (χ1v) is 5.53. The minimum atomic E-state index is -4.90. The van der Waals surface area contributed by atoms with Crippen LogP contribution in [0.2, 0.25) is 0 Å². The van der Waals surface area contributed by atoms with Gasteiger partial charge in [0.25, 0.3) is 0 Å². The highest BCUT2D eigenvalue weighted by Gasteiger charge is 2.40. The molecule has 0 aromatic carbocycles. The number of alkyl halides is 3. The van der Waals surface area contributed by atoms with Crippen molar-refractivity contribution in [1.82, 2.24) is 0 Å². The SMILES string of the molecule is CC(=O)C(=C(/C)O)/C(=C\C(=O)C(C)(C)C)C(F)(F)F. The maximum atomic E-state index is 12.9. The molecular formula is C13H17F3O3. The van der Waals surface area contributed by atoms with Crippen LogP contribution in [0.15, 0.2) is 23.0 Å². The highest BCUT2D eigenvalue weighted by atomic mass is 19.4. The quantitative estimate of drug-likeness (QED) is 0.488. The molecular weight excluding hydrogens is 261 g/mol. The van der Waals surface area contributed by atoms with E-state index in [0.29, 0.717) is 6.08 Å². The molecule has 0 spiro atoms. The third-order valence-electron chi connectivity index (χ3n) is 2.30. The second-order valence-corrected chi connectivity index (χ2v) is 5.19. The Bertz CT molecular complexity index is 445. The molecule has 0 unspecified atom stereocenters. The average molecular weight is 278 g/mol. The number of aliphatic hydroxyl groups excluding tert-OH is 1. The van der Waals surface area contributed by atoms with Crippen molar-refractivity contribution < 1.29 is 27.9 Å². The molecule has 0 heterocycles. The third-order valence-corrected chi connectivity index (χ3v) is 2.30. The van der Waals surface area contributed by atoms with Crippen molar-refractivity contribution in [2.24, 2.45) is 5.41 Å². The second kappa shape index (κ2) is 5.59. The molecule has 6 heteroatoms. The molecule has 0 bridgehead atoms. The fourth-order valence-corrected chi connectivity index (χ4v) is 1.28. The lowest BCUT2D eigenvalue weighted by molar-refractivity contribution is -0.122. The summed E-state index contributed by atoms with van der Waals surface area (Å²) in [7, 11) is 0. The maximum Gasteiger partial charge on any atom is 0.417 e. The van der Waals surface area contributed by atoms with Crippen LogP contribution in [0.25, 0.3) is 0 Å². The molecule has 19 heavy (non-hydrogen) atoms. The minimum Gasteiger partial charge on any atom is -0.512 e. The average Bonchev–Trinajstić information content (AvgIpc) is 2.11. The summed E-state index contributed by atoms with van der Waals surface area (Å²) < 4.78 is 38.8. The summed E-state index contributed by atoms with van der Waals surface area (Å²) in [6, 6.07) is 0. The van der Waals surface area contributed by atoms with Gasteiger partial charge in [-0.15, -0.1) is 0 Å². The van der Waals surface area contributed by atoms with E-state index in [2.05, 4.69) is 0 Å². The Balaban J connectivity index is 6.03. The van der Waals surface area contributed by atoms with Crippen LogP contribution >= 0.6 is 0 Å². The zero-order valence-electron chi connectivity index (χ0n) is 11.5. The van der Waals surface area contributed by atoms with E-state index in [1.54, 1.807) is 0 Å². The first-order chi connectivity index (χ1) is 8.28. The predicted octanol–water partition coefficient (Wildman–Crippen LogP) is 3.51. The standard InChI is InChI=1S/C13H17F3O3/c1-7(17)11(8(2)18)9(13(14,15)16)6-10(19)12(3,4)5/h6,17H,1-5H3/b9-6+,11-7+. The lowest BCUT2D eigenvalue weighted by Crippen LogP contribution is -2.24. The lowest BCUT2D eigenvalue weighted by atomic mass is 9.88. The van der Waals surface area contributed by atoms with Crippen LogP contribution in [0.1, 0.15) is 34.6 Å². The third kappa shape index (κ3) is 4.89. The van der Waals surface area contributed by atoms with Crippen molar-refractivity contribution in [3.63, 3.8) is 0 Å². The monoisotopic (exact) mass is 278 g/mol. The molecule has 0 rings (SSSR count). The molecule has 0 amide bonds. The zero-order chi connectivity index (χ0) is 15.6. The number of rotatable bonds is 3. The summed E-state index contributed by atoms with van der Waals surface area (Å²) in [6.07, 6.45) is -4.53. The Morgan fingerprint density at radius 2 is 1.47 bits per heavy atom. The summed E-state index contributed by atoms with van der Waals surface area (Å²) in [5.41, 5.74) is -3.31. The van der Waals surface area contributed by atoms with Gasteiger partial charge in [0, 0.05) is 5.41 Å². The molecule has 0 aliphatic rings. The maximum absolute atomic E-state index is 12.9. The summed E-state index contributed by atoms with van der Waals surface area (Å²) in [6.45, 7) is 6.25. The highest BCUT2D eigenvalue weighted by molar-refractivity contribution is 6.02. The van der Waals surface area contributed by atoms with E-state index >= 15 is 0 Å². The highest BCUT2D eigenvalue weighted by Crippen LogP contribution is 2.34. The van der Waals surface area contributed by atoms with Gasteiger partial charge in [0.2, 0.25) is 0 Å². The van der Waals surface area contributed by atoms with Crippen LogP contribution in [-0.2, 0) is 9.59 Å². The fourth-order valence-electron chi connectivity index (χ4n) is 1.28. The van der Waals surface area contributed by atoms with Crippen LogP contribution in [-0.4, -0.2) is 22.8 Å². The Labute approximate surface area is 109 Å². The summed E-state index contributed by atoms with van der Waals surface area (Å²) in [5, 5.41) is 9.24.